The van der Waals surface area contributed by atoms with Crippen LogP contribution in [0, 0.1) is 5.92 Å². The highest BCUT2D eigenvalue weighted by molar-refractivity contribution is 5.13. The molecule has 3 nitrogen and oxygen atoms in total. The first kappa shape index (κ1) is 12.5. The van der Waals surface area contributed by atoms with Crippen molar-refractivity contribution in [2.24, 2.45) is 5.92 Å². The van der Waals surface area contributed by atoms with Crippen molar-refractivity contribution in [3.63, 3.8) is 0 Å². The molecule has 0 radical (unpaired) electrons. The fraction of sp³-hybridized carbons (Fsp3) is 0.643. The fourth-order valence-corrected chi connectivity index (χ4v) is 2.60. The number of aliphatic hydroxyl groups is 1. The molecule has 1 aliphatic carbocycles. The van der Waals surface area contributed by atoms with E-state index in [1.807, 2.05) is 12.1 Å². The lowest BCUT2D eigenvalue weighted by molar-refractivity contribution is 0.162. The van der Waals surface area contributed by atoms with Crippen molar-refractivity contribution in [3.8, 4) is 0 Å². The Kier molecular flexibility index (Phi) is 4.51. The molecule has 3 unspecified atom stereocenters. The highest BCUT2D eigenvalue weighted by Gasteiger charge is 2.19. The zero-order valence-electron chi connectivity index (χ0n) is 10.5. The molecule has 0 amide bonds. The van der Waals surface area contributed by atoms with Gasteiger partial charge in [0.05, 0.1) is 6.10 Å². The summed E-state index contributed by atoms with van der Waals surface area (Å²) in [6.45, 7) is 2.95. The number of hydrogen-bond acceptors (Lipinski definition) is 3. The van der Waals surface area contributed by atoms with Crippen molar-refractivity contribution in [1.29, 1.82) is 0 Å². The van der Waals surface area contributed by atoms with Crippen molar-refractivity contribution >= 4 is 0 Å². The van der Waals surface area contributed by atoms with E-state index in [9.17, 15) is 5.11 Å². The van der Waals surface area contributed by atoms with Crippen LogP contribution in [-0.4, -0.2) is 22.7 Å². The Bertz CT molecular complexity index is 328. The Labute approximate surface area is 103 Å². The molecule has 1 aromatic heterocycles. The molecule has 2 N–H and O–H groups in total. The van der Waals surface area contributed by atoms with Crippen LogP contribution in [0.1, 0.15) is 44.3 Å². The molecular formula is C14H22N2O. The average molecular weight is 234 g/mol. The average Bonchev–Trinajstić information content (AvgIpc) is 2.37. The van der Waals surface area contributed by atoms with Gasteiger partial charge < -0.3 is 10.4 Å². The van der Waals surface area contributed by atoms with Gasteiger partial charge in [0.25, 0.3) is 0 Å². The summed E-state index contributed by atoms with van der Waals surface area (Å²) in [6.07, 6.45) is 8.17. The van der Waals surface area contributed by atoms with Gasteiger partial charge in [-0.1, -0.05) is 19.8 Å². The smallest absolute Gasteiger partial charge is 0.0915 e. The number of aromatic nitrogens is 1. The minimum Gasteiger partial charge on any atom is -0.387 e. The fourth-order valence-electron chi connectivity index (χ4n) is 2.60. The van der Waals surface area contributed by atoms with Crippen molar-refractivity contribution in [2.75, 3.05) is 6.54 Å². The van der Waals surface area contributed by atoms with Crippen molar-refractivity contribution < 1.29 is 5.11 Å². The summed E-state index contributed by atoms with van der Waals surface area (Å²) in [5.74, 6) is 0.819. The Morgan fingerprint density at radius 3 is 2.88 bits per heavy atom. The van der Waals surface area contributed by atoms with E-state index in [-0.39, 0.29) is 0 Å². The van der Waals surface area contributed by atoms with Gasteiger partial charge in [0.2, 0.25) is 0 Å². The van der Waals surface area contributed by atoms with E-state index in [0.717, 1.165) is 11.5 Å². The van der Waals surface area contributed by atoms with Gasteiger partial charge in [-0.3, -0.25) is 4.98 Å². The maximum absolute atomic E-state index is 10.0. The van der Waals surface area contributed by atoms with Gasteiger partial charge in [0.1, 0.15) is 0 Å². The summed E-state index contributed by atoms with van der Waals surface area (Å²) >= 11 is 0. The molecule has 0 aliphatic heterocycles. The van der Waals surface area contributed by atoms with Crippen LogP contribution in [-0.2, 0) is 0 Å². The molecule has 1 heterocycles. The Hall–Kier alpha value is -0.930. The number of nitrogens with zero attached hydrogens (tertiary/aromatic N) is 1. The Morgan fingerprint density at radius 2 is 2.18 bits per heavy atom. The van der Waals surface area contributed by atoms with Gasteiger partial charge in [-0.25, -0.2) is 0 Å². The lowest BCUT2D eigenvalue weighted by atomic mass is 9.87. The number of rotatable bonds is 4. The van der Waals surface area contributed by atoms with E-state index in [1.165, 1.54) is 25.7 Å². The molecule has 0 spiro atoms. The van der Waals surface area contributed by atoms with Gasteiger partial charge in [0, 0.05) is 25.0 Å². The summed E-state index contributed by atoms with van der Waals surface area (Å²) < 4.78 is 0. The van der Waals surface area contributed by atoms with Crippen LogP contribution in [0.5, 0.6) is 0 Å². The lowest BCUT2D eigenvalue weighted by Gasteiger charge is -2.28. The van der Waals surface area contributed by atoms with Crippen LogP contribution in [0.3, 0.4) is 0 Å². The molecule has 17 heavy (non-hydrogen) atoms. The standard InChI is InChI=1S/C14H22N2O/c1-11-3-2-4-13(9-11)16-10-14(17)12-5-7-15-8-6-12/h5-8,11,13-14,16-17H,2-4,9-10H2,1H3. The van der Waals surface area contributed by atoms with Crippen LogP contribution in [0.15, 0.2) is 24.5 Å². The van der Waals surface area contributed by atoms with Crippen LogP contribution >= 0.6 is 0 Å². The van der Waals surface area contributed by atoms with Gasteiger partial charge in [-0.05, 0) is 36.5 Å². The maximum atomic E-state index is 10.0. The highest BCUT2D eigenvalue weighted by Crippen LogP contribution is 2.23. The third-order valence-electron chi connectivity index (χ3n) is 3.63. The summed E-state index contributed by atoms with van der Waals surface area (Å²) in [5, 5.41) is 13.5. The largest absolute Gasteiger partial charge is 0.387 e. The topological polar surface area (TPSA) is 45.1 Å². The molecule has 2 rings (SSSR count). The molecule has 1 aliphatic rings. The normalized spacial score (nSPS) is 26.7. The van der Waals surface area contributed by atoms with Crippen molar-refractivity contribution in [1.82, 2.24) is 10.3 Å². The molecule has 94 valence electrons. The Balaban J connectivity index is 1.78. The number of hydrogen-bond donors (Lipinski definition) is 2. The summed E-state index contributed by atoms with van der Waals surface area (Å²) in [5.41, 5.74) is 0.941. The maximum Gasteiger partial charge on any atom is 0.0915 e. The first-order valence-corrected chi connectivity index (χ1v) is 6.57. The molecule has 0 saturated heterocycles. The first-order chi connectivity index (χ1) is 8.25. The summed E-state index contributed by atoms with van der Waals surface area (Å²) in [6, 6.07) is 4.32. The monoisotopic (exact) mass is 234 g/mol. The van der Waals surface area contributed by atoms with Crippen molar-refractivity contribution in [2.45, 2.75) is 44.8 Å². The second-order valence-electron chi connectivity index (χ2n) is 5.17. The van der Waals surface area contributed by atoms with Gasteiger partial charge in [0.15, 0.2) is 0 Å². The SMILES string of the molecule is CC1CCCC(NCC(O)c2ccncc2)C1. The van der Waals surface area contributed by atoms with E-state index in [1.54, 1.807) is 12.4 Å². The predicted octanol–water partition coefficient (Wildman–Crippen LogP) is 2.28. The minimum atomic E-state index is -0.421. The van der Waals surface area contributed by atoms with Crippen LogP contribution < -0.4 is 5.32 Å². The molecule has 0 aromatic carbocycles. The molecule has 1 aromatic rings. The van der Waals surface area contributed by atoms with Gasteiger partial charge >= 0.3 is 0 Å². The van der Waals surface area contributed by atoms with E-state index in [0.29, 0.717) is 12.6 Å². The summed E-state index contributed by atoms with van der Waals surface area (Å²) in [4.78, 5) is 3.96. The zero-order valence-corrected chi connectivity index (χ0v) is 10.5. The minimum absolute atomic E-state index is 0.421. The summed E-state index contributed by atoms with van der Waals surface area (Å²) in [7, 11) is 0. The predicted molar refractivity (Wildman–Crippen MR) is 68.6 cm³/mol. The van der Waals surface area contributed by atoms with E-state index < -0.39 is 6.10 Å². The number of nitrogens with one attached hydrogen (secondary N) is 1. The lowest BCUT2D eigenvalue weighted by Crippen LogP contribution is -2.36. The van der Waals surface area contributed by atoms with Crippen molar-refractivity contribution in [3.05, 3.63) is 30.1 Å². The van der Waals surface area contributed by atoms with Crippen LogP contribution in [0.2, 0.25) is 0 Å². The Morgan fingerprint density at radius 1 is 1.41 bits per heavy atom. The van der Waals surface area contributed by atoms with Crippen LogP contribution in [0.25, 0.3) is 0 Å². The quantitative estimate of drug-likeness (QED) is 0.840. The molecule has 1 fully saturated rings. The third kappa shape index (κ3) is 3.79. The highest BCUT2D eigenvalue weighted by atomic mass is 16.3. The zero-order chi connectivity index (χ0) is 12.1. The van der Waals surface area contributed by atoms with E-state index in [4.69, 9.17) is 0 Å². The van der Waals surface area contributed by atoms with Gasteiger partial charge in [-0.15, -0.1) is 0 Å². The van der Waals surface area contributed by atoms with E-state index in [2.05, 4.69) is 17.2 Å². The first-order valence-electron chi connectivity index (χ1n) is 6.57. The third-order valence-corrected chi connectivity index (χ3v) is 3.63. The second-order valence-corrected chi connectivity index (χ2v) is 5.17. The van der Waals surface area contributed by atoms with Gasteiger partial charge in [-0.2, -0.15) is 0 Å². The molecule has 1 saturated carbocycles. The second kappa shape index (κ2) is 6.12. The number of pyridine rings is 1. The number of aliphatic hydroxyl groups excluding tert-OH is 1. The van der Waals surface area contributed by atoms with Crippen LogP contribution in [0.4, 0.5) is 0 Å². The molecular weight excluding hydrogens is 212 g/mol. The molecule has 0 bridgehead atoms. The molecule has 3 atom stereocenters. The molecule has 3 heteroatoms. The van der Waals surface area contributed by atoms with E-state index >= 15 is 0 Å².